The second-order valence-corrected chi connectivity index (χ2v) is 3.60. The Kier molecular flexibility index (Phi) is 4.18. The minimum atomic E-state index is -1.94. The Balaban J connectivity index is 3.25. The average Bonchev–Trinajstić information content (AvgIpc) is 2.34. The summed E-state index contributed by atoms with van der Waals surface area (Å²) in [5, 5.41) is 12.7. The van der Waals surface area contributed by atoms with E-state index in [4.69, 9.17) is 27.1 Å². The zero-order valence-corrected chi connectivity index (χ0v) is 9.86. The van der Waals surface area contributed by atoms with Crippen LogP contribution in [-0.4, -0.2) is 12.6 Å². The fourth-order valence-corrected chi connectivity index (χ4v) is 1.42. The summed E-state index contributed by atoms with van der Waals surface area (Å²) in [5.41, 5.74) is 5.39. The highest BCUT2D eigenvalue weighted by Crippen LogP contribution is 2.28. The van der Waals surface area contributed by atoms with Crippen molar-refractivity contribution >= 4 is 17.6 Å². The molecule has 1 unspecified atom stereocenters. The van der Waals surface area contributed by atoms with E-state index in [9.17, 15) is 4.79 Å². The van der Waals surface area contributed by atoms with E-state index < -0.39 is 11.5 Å². The zero-order chi connectivity index (χ0) is 12.9. The molecule has 5 nitrogen and oxygen atoms in total. The highest BCUT2D eigenvalue weighted by molar-refractivity contribution is 6.30. The monoisotopic (exact) mass is 251 g/mol. The van der Waals surface area contributed by atoms with Crippen molar-refractivity contribution in [1.29, 1.82) is 10.8 Å². The van der Waals surface area contributed by atoms with Crippen LogP contribution in [0.5, 0.6) is 0 Å². The van der Waals surface area contributed by atoms with E-state index >= 15 is 0 Å². The van der Waals surface area contributed by atoms with Crippen LogP contribution in [0.4, 0.5) is 0 Å². The third kappa shape index (κ3) is 2.43. The molecule has 1 aromatic rings. The third-order valence-corrected chi connectivity index (χ3v) is 2.41. The molecule has 0 amide bonds. The van der Waals surface area contributed by atoms with Crippen LogP contribution < -0.4 is 0 Å². The number of nitrogens with one attached hydrogen (secondary N) is 1. The molecule has 1 aromatic carbocycles. The van der Waals surface area contributed by atoms with Crippen LogP contribution in [0.3, 0.4) is 0 Å². The van der Waals surface area contributed by atoms with Crippen LogP contribution in [0, 0.1) is 16.9 Å². The van der Waals surface area contributed by atoms with Crippen molar-refractivity contribution < 1.29 is 9.53 Å². The second-order valence-electron chi connectivity index (χ2n) is 3.16. The number of esters is 1. The zero-order valence-electron chi connectivity index (χ0n) is 9.11. The van der Waals surface area contributed by atoms with Gasteiger partial charge in [-0.2, -0.15) is 10.4 Å². The molecule has 0 aliphatic rings. The van der Waals surface area contributed by atoms with Gasteiger partial charge in [-0.3, -0.25) is 0 Å². The number of carbonyl (C=O) groups is 1. The van der Waals surface area contributed by atoms with Gasteiger partial charge in [0.15, 0.2) is 0 Å². The Hall–Kier alpha value is -1.93. The topological polar surface area (TPSA) is 86.3 Å². The van der Waals surface area contributed by atoms with Crippen molar-refractivity contribution in [2.75, 3.05) is 6.61 Å². The normalized spacial score (nSPS) is 13.2. The lowest BCUT2D eigenvalue weighted by molar-refractivity contribution is -0.147. The summed E-state index contributed by atoms with van der Waals surface area (Å²) in [6.45, 7) is 1.73. The number of carbonyl (C=O) groups excluding carboxylic acids is 1. The summed E-state index contributed by atoms with van der Waals surface area (Å²) >= 11 is 5.71. The quantitative estimate of drug-likeness (QED) is 0.659. The Morgan fingerprint density at radius 3 is 2.59 bits per heavy atom. The summed E-state index contributed by atoms with van der Waals surface area (Å²) in [5.74, 6) is -0.861. The Bertz CT molecular complexity index is 467. The first-order valence-electron chi connectivity index (χ1n) is 4.84. The van der Waals surface area contributed by atoms with Crippen LogP contribution in [0.1, 0.15) is 12.5 Å². The number of ether oxygens (including phenoxy) is 1. The van der Waals surface area contributed by atoms with Crippen LogP contribution >= 0.6 is 11.6 Å². The molecule has 0 saturated heterocycles. The molecule has 0 radical (unpaired) electrons. The van der Waals surface area contributed by atoms with Gasteiger partial charge in [0.25, 0.3) is 5.54 Å². The minimum Gasteiger partial charge on any atom is -0.463 e. The second kappa shape index (κ2) is 5.41. The van der Waals surface area contributed by atoms with Gasteiger partial charge in [-0.05, 0) is 19.1 Å². The number of nitriles is 1. The largest absolute Gasteiger partial charge is 0.463 e. The first-order valence-corrected chi connectivity index (χ1v) is 5.21. The molecule has 1 rings (SSSR count). The highest BCUT2D eigenvalue weighted by Gasteiger charge is 2.42. The van der Waals surface area contributed by atoms with E-state index in [1.165, 1.54) is 24.3 Å². The molecule has 6 heteroatoms. The number of rotatable bonds is 4. The summed E-state index contributed by atoms with van der Waals surface area (Å²) in [4.78, 5) is 11.7. The molecule has 0 aliphatic heterocycles. The van der Waals surface area contributed by atoms with Gasteiger partial charge < -0.3 is 4.74 Å². The summed E-state index contributed by atoms with van der Waals surface area (Å²) in [6, 6.07) is 7.70. The van der Waals surface area contributed by atoms with Gasteiger partial charge in [-0.1, -0.05) is 23.7 Å². The van der Waals surface area contributed by atoms with E-state index in [2.05, 4.69) is 5.11 Å². The fraction of sp³-hybridized carbons (Fsp3) is 0.273. The van der Waals surface area contributed by atoms with Gasteiger partial charge in [0.05, 0.1) is 6.61 Å². The minimum absolute atomic E-state index is 0.116. The van der Waals surface area contributed by atoms with Crippen molar-refractivity contribution in [2.24, 2.45) is 5.11 Å². The summed E-state index contributed by atoms with van der Waals surface area (Å²) < 4.78 is 4.77. The van der Waals surface area contributed by atoms with Crippen molar-refractivity contribution in [3.05, 3.63) is 34.9 Å². The molecule has 0 heterocycles. The van der Waals surface area contributed by atoms with Gasteiger partial charge in [0.1, 0.15) is 6.07 Å². The lowest BCUT2D eigenvalue weighted by atomic mass is 9.92. The van der Waals surface area contributed by atoms with Crippen molar-refractivity contribution in [1.82, 2.24) is 0 Å². The molecular formula is C11H10ClN3O2. The Labute approximate surface area is 103 Å². The van der Waals surface area contributed by atoms with Gasteiger partial charge in [-0.25, -0.2) is 10.3 Å². The van der Waals surface area contributed by atoms with E-state index in [-0.39, 0.29) is 12.2 Å². The van der Waals surface area contributed by atoms with Crippen molar-refractivity contribution in [3.8, 4) is 6.07 Å². The first kappa shape index (κ1) is 13.1. The molecule has 1 N–H and O–H groups in total. The van der Waals surface area contributed by atoms with Gasteiger partial charge in [0.2, 0.25) is 0 Å². The van der Waals surface area contributed by atoms with Crippen LogP contribution in [0.15, 0.2) is 29.4 Å². The number of hydrogen-bond acceptors (Lipinski definition) is 5. The number of halogens is 1. The van der Waals surface area contributed by atoms with Crippen molar-refractivity contribution in [2.45, 2.75) is 12.5 Å². The molecule has 0 fully saturated rings. The molecule has 0 aromatic heterocycles. The Morgan fingerprint density at radius 1 is 1.59 bits per heavy atom. The molecular weight excluding hydrogens is 242 g/mol. The number of nitrogens with zero attached hydrogens (tertiary/aromatic N) is 2. The molecule has 1 atom stereocenters. The number of hydrogen-bond donors (Lipinski definition) is 1. The van der Waals surface area contributed by atoms with E-state index in [0.29, 0.717) is 5.02 Å². The van der Waals surface area contributed by atoms with E-state index in [1.54, 1.807) is 13.0 Å². The van der Waals surface area contributed by atoms with Gasteiger partial charge in [-0.15, -0.1) is 0 Å². The first-order chi connectivity index (χ1) is 8.10. The van der Waals surface area contributed by atoms with Crippen LogP contribution in [0.25, 0.3) is 0 Å². The number of benzene rings is 1. The fourth-order valence-electron chi connectivity index (χ4n) is 1.29. The molecule has 0 spiro atoms. The molecule has 0 saturated carbocycles. The molecule has 17 heavy (non-hydrogen) atoms. The van der Waals surface area contributed by atoms with Gasteiger partial charge in [0, 0.05) is 10.6 Å². The Morgan fingerprint density at radius 2 is 2.18 bits per heavy atom. The van der Waals surface area contributed by atoms with Crippen LogP contribution in [0.2, 0.25) is 5.02 Å². The van der Waals surface area contributed by atoms with Crippen molar-refractivity contribution in [3.63, 3.8) is 0 Å². The van der Waals surface area contributed by atoms with Crippen LogP contribution in [-0.2, 0) is 15.1 Å². The standard InChI is InChI=1S/C11H10ClN3O2/c1-2-17-10(16)11(7-13,15-14)8-3-5-9(12)6-4-8/h3-6,14H,2H2,1H3. The summed E-state index contributed by atoms with van der Waals surface area (Å²) in [7, 11) is 0. The highest BCUT2D eigenvalue weighted by atomic mass is 35.5. The lowest BCUT2D eigenvalue weighted by Crippen LogP contribution is -2.33. The van der Waals surface area contributed by atoms with E-state index in [0.717, 1.165) is 0 Å². The molecule has 0 bridgehead atoms. The lowest BCUT2D eigenvalue weighted by Gasteiger charge is -2.18. The smallest absolute Gasteiger partial charge is 0.355 e. The summed E-state index contributed by atoms with van der Waals surface area (Å²) in [6.07, 6.45) is 0. The molecule has 0 aliphatic carbocycles. The maximum absolute atomic E-state index is 11.7. The molecule has 88 valence electrons. The predicted molar refractivity (Wildman–Crippen MR) is 60.5 cm³/mol. The maximum Gasteiger partial charge on any atom is 0.355 e. The van der Waals surface area contributed by atoms with Gasteiger partial charge >= 0.3 is 5.97 Å². The maximum atomic E-state index is 11.7. The predicted octanol–water partition coefficient (Wildman–Crippen LogP) is 2.65. The SMILES string of the molecule is CCOC(=O)C(C#N)(N=N)c1ccc(Cl)cc1. The third-order valence-electron chi connectivity index (χ3n) is 2.16. The van der Waals surface area contributed by atoms with E-state index in [1.807, 2.05) is 0 Å². The average molecular weight is 252 g/mol.